The van der Waals surface area contributed by atoms with Crippen LogP contribution in [0.15, 0.2) is 12.4 Å². The summed E-state index contributed by atoms with van der Waals surface area (Å²) in [5, 5.41) is 0. The number of aromatic nitrogens is 2. The Hall–Kier alpha value is -0.830. The Bertz CT molecular complexity index is 298. The predicted molar refractivity (Wildman–Crippen MR) is 61.5 cm³/mol. The topological polar surface area (TPSA) is 21.1 Å². The summed E-state index contributed by atoms with van der Waals surface area (Å²) in [4.78, 5) is 6.89. The Kier molecular flexibility index (Phi) is 3.41. The molecule has 0 saturated carbocycles. The van der Waals surface area contributed by atoms with Gasteiger partial charge < -0.3 is 4.57 Å². The Morgan fingerprint density at radius 1 is 1.40 bits per heavy atom. The third kappa shape index (κ3) is 2.59. The molecule has 0 aromatic carbocycles. The maximum atomic E-state index is 4.37. The number of likely N-dealkylation sites (tertiary alicyclic amines) is 1. The molecular weight excluding hydrogens is 186 g/mol. The first kappa shape index (κ1) is 10.7. The lowest BCUT2D eigenvalue weighted by molar-refractivity contribution is 0.170. The van der Waals surface area contributed by atoms with Gasteiger partial charge in [-0.2, -0.15) is 0 Å². The number of rotatable bonds is 3. The van der Waals surface area contributed by atoms with E-state index in [1.54, 1.807) is 0 Å². The van der Waals surface area contributed by atoms with E-state index in [2.05, 4.69) is 28.4 Å². The SMILES string of the molecule is CCC1CCN(Cc2nccn2C)CC1. The third-order valence-electron chi connectivity index (χ3n) is 3.57. The average Bonchev–Trinajstić information content (AvgIpc) is 2.66. The molecule has 0 radical (unpaired) electrons. The number of hydrogen-bond acceptors (Lipinski definition) is 2. The van der Waals surface area contributed by atoms with Crippen molar-refractivity contribution in [1.82, 2.24) is 14.5 Å². The van der Waals surface area contributed by atoms with Gasteiger partial charge in [-0.3, -0.25) is 4.90 Å². The molecule has 15 heavy (non-hydrogen) atoms. The molecule has 3 nitrogen and oxygen atoms in total. The van der Waals surface area contributed by atoms with Crippen molar-refractivity contribution in [3.05, 3.63) is 18.2 Å². The highest BCUT2D eigenvalue weighted by Crippen LogP contribution is 2.20. The van der Waals surface area contributed by atoms with Crippen LogP contribution >= 0.6 is 0 Å². The van der Waals surface area contributed by atoms with E-state index >= 15 is 0 Å². The van der Waals surface area contributed by atoms with Crippen LogP contribution in [0.3, 0.4) is 0 Å². The molecule has 0 aliphatic carbocycles. The molecular formula is C12H21N3. The maximum Gasteiger partial charge on any atom is 0.122 e. The number of piperidine rings is 1. The molecule has 0 amide bonds. The average molecular weight is 207 g/mol. The summed E-state index contributed by atoms with van der Waals surface area (Å²) in [6, 6.07) is 0. The fourth-order valence-electron chi connectivity index (χ4n) is 2.30. The van der Waals surface area contributed by atoms with Crippen LogP contribution in [-0.2, 0) is 13.6 Å². The summed E-state index contributed by atoms with van der Waals surface area (Å²) >= 11 is 0. The van der Waals surface area contributed by atoms with Crippen molar-refractivity contribution in [2.75, 3.05) is 13.1 Å². The van der Waals surface area contributed by atoms with Gasteiger partial charge in [0.15, 0.2) is 0 Å². The molecule has 0 bridgehead atoms. The number of nitrogens with zero attached hydrogens (tertiary/aromatic N) is 3. The van der Waals surface area contributed by atoms with Crippen molar-refractivity contribution in [3.63, 3.8) is 0 Å². The van der Waals surface area contributed by atoms with Gasteiger partial charge >= 0.3 is 0 Å². The molecule has 1 saturated heterocycles. The zero-order valence-electron chi connectivity index (χ0n) is 9.82. The molecule has 0 N–H and O–H groups in total. The molecule has 2 heterocycles. The van der Waals surface area contributed by atoms with E-state index in [-0.39, 0.29) is 0 Å². The zero-order valence-corrected chi connectivity index (χ0v) is 9.82. The fraction of sp³-hybridized carbons (Fsp3) is 0.750. The largest absolute Gasteiger partial charge is 0.337 e. The van der Waals surface area contributed by atoms with Gasteiger partial charge in [-0.1, -0.05) is 13.3 Å². The van der Waals surface area contributed by atoms with Crippen molar-refractivity contribution >= 4 is 0 Å². The molecule has 1 fully saturated rings. The summed E-state index contributed by atoms with van der Waals surface area (Å²) in [7, 11) is 2.07. The quantitative estimate of drug-likeness (QED) is 0.756. The summed E-state index contributed by atoms with van der Waals surface area (Å²) < 4.78 is 2.12. The van der Waals surface area contributed by atoms with E-state index in [4.69, 9.17) is 0 Å². The van der Waals surface area contributed by atoms with Crippen LogP contribution < -0.4 is 0 Å². The van der Waals surface area contributed by atoms with Gasteiger partial charge in [0.2, 0.25) is 0 Å². The second-order valence-corrected chi connectivity index (χ2v) is 4.58. The van der Waals surface area contributed by atoms with Crippen LogP contribution in [0.2, 0.25) is 0 Å². The lowest BCUT2D eigenvalue weighted by Crippen LogP contribution is -2.33. The van der Waals surface area contributed by atoms with Gasteiger partial charge in [0.1, 0.15) is 5.82 Å². The van der Waals surface area contributed by atoms with E-state index in [0.717, 1.165) is 12.5 Å². The van der Waals surface area contributed by atoms with Gasteiger partial charge in [0, 0.05) is 19.4 Å². The molecule has 3 heteroatoms. The second-order valence-electron chi connectivity index (χ2n) is 4.58. The molecule has 84 valence electrons. The van der Waals surface area contributed by atoms with Crippen molar-refractivity contribution in [3.8, 4) is 0 Å². The highest BCUT2D eigenvalue weighted by atomic mass is 15.2. The highest BCUT2D eigenvalue weighted by molar-refractivity contribution is 4.91. The molecule has 0 spiro atoms. The molecule has 0 atom stereocenters. The first-order chi connectivity index (χ1) is 7.29. The van der Waals surface area contributed by atoms with Crippen LogP contribution in [0.25, 0.3) is 0 Å². The minimum Gasteiger partial charge on any atom is -0.337 e. The predicted octanol–water partition coefficient (Wildman–Crippen LogP) is 2.04. The lowest BCUT2D eigenvalue weighted by Gasteiger charge is -2.31. The highest BCUT2D eigenvalue weighted by Gasteiger charge is 2.18. The summed E-state index contributed by atoms with van der Waals surface area (Å²) in [6.45, 7) is 5.80. The number of aryl methyl sites for hydroxylation is 1. The van der Waals surface area contributed by atoms with Crippen LogP contribution in [0.4, 0.5) is 0 Å². The Morgan fingerprint density at radius 2 is 2.13 bits per heavy atom. The van der Waals surface area contributed by atoms with Crippen LogP contribution in [0, 0.1) is 5.92 Å². The normalized spacial score (nSPS) is 19.6. The van der Waals surface area contributed by atoms with Crippen molar-refractivity contribution < 1.29 is 0 Å². The van der Waals surface area contributed by atoms with E-state index in [1.165, 1.54) is 38.2 Å². The van der Waals surface area contributed by atoms with E-state index < -0.39 is 0 Å². The minimum atomic E-state index is 0.961. The van der Waals surface area contributed by atoms with Crippen LogP contribution in [0.5, 0.6) is 0 Å². The monoisotopic (exact) mass is 207 g/mol. The Balaban J connectivity index is 1.85. The van der Waals surface area contributed by atoms with Crippen molar-refractivity contribution in [1.29, 1.82) is 0 Å². The molecule has 1 aromatic rings. The first-order valence-corrected chi connectivity index (χ1v) is 5.98. The third-order valence-corrected chi connectivity index (χ3v) is 3.57. The van der Waals surface area contributed by atoms with Crippen LogP contribution in [0.1, 0.15) is 32.0 Å². The zero-order chi connectivity index (χ0) is 10.7. The molecule has 1 aliphatic heterocycles. The van der Waals surface area contributed by atoms with Gasteiger partial charge in [-0.15, -0.1) is 0 Å². The van der Waals surface area contributed by atoms with Gasteiger partial charge in [-0.05, 0) is 31.8 Å². The smallest absolute Gasteiger partial charge is 0.122 e. The minimum absolute atomic E-state index is 0.961. The van der Waals surface area contributed by atoms with E-state index in [0.29, 0.717) is 0 Å². The molecule has 1 aromatic heterocycles. The van der Waals surface area contributed by atoms with Crippen LogP contribution in [-0.4, -0.2) is 27.5 Å². The van der Waals surface area contributed by atoms with Crippen molar-refractivity contribution in [2.24, 2.45) is 13.0 Å². The maximum absolute atomic E-state index is 4.37. The Labute approximate surface area is 92.1 Å². The van der Waals surface area contributed by atoms with Gasteiger partial charge in [0.05, 0.1) is 6.54 Å². The summed E-state index contributed by atoms with van der Waals surface area (Å²) in [5.41, 5.74) is 0. The van der Waals surface area contributed by atoms with Gasteiger partial charge in [-0.25, -0.2) is 4.98 Å². The van der Waals surface area contributed by atoms with E-state index in [9.17, 15) is 0 Å². The standard InChI is InChI=1S/C12H21N3/c1-3-11-4-7-15(8-5-11)10-12-13-6-9-14(12)2/h6,9,11H,3-5,7-8,10H2,1-2H3. The lowest BCUT2D eigenvalue weighted by atomic mass is 9.94. The first-order valence-electron chi connectivity index (χ1n) is 5.98. The Morgan fingerprint density at radius 3 is 2.67 bits per heavy atom. The van der Waals surface area contributed by atoms with Gasteiger partial charge in [0.25, 0.3) is 0 Å². The summed E-state index contributed by atoms with van der Waals surface area (Å²) in [6.07, 6.45) is 7.97. The van der Waals surface area contributed by atoms with E-state index in [1.807, 2.05) is 12.4 Å². The summed E-state index contributed by atoms with van der Waals surface area (Å²) in [5.74, 6) is 2.15. The molecule has 1 aliphatic rings. The molecule has 2 rings (SSSR count). The molecule has 0 unspecified atom stereocenters. The number of imidazole rings is 1. The fourth-order valence-corrected chi connectivity index (χ4v) is 2.30. The van der Waals surface area contributed by atoms with Crippen molar-refractivity contribution in [2.45, 2.75) is 32.7 Å². The second kappa shape index (κ2) is 4.79. The number of hydrogen-bond donors (Lipinski definition) is 0.